The number of hydrogen-bond acceptors (Lipinski definition) is 3. The van der Waals surface area contributed by atoms with Crippen molar-refractivity contribution in [3.05, 3.63) is 29.8 Å². The monoisotopic (exact) mass is 257 g/mol. The van der Waals surface area contributed by atoms with Gasteiger partial charge in [-0.2, -0.15) is 0 Å². The van der Waals surface area contributed by atoms with Gasteiger partial charge in [0.05, 0.1) is 17.6 Å². The quantitative estimate of drug-likeness (QED) is 0.789. The lowest BCUT2D eigenvalue weighted by atomic mass is 10.2. The number of benzene rings is 1. The van der Waals surface area contributed by atoms with Crippen LogP contribution in [0.4, 0.5) is 0 Å². The largest absolute Gasteiger partial charge is 0.377 e. The van der Waals surface area contributed by atoms with Crippen molar-refractivity contribution in [3.8, 4) is 0 Å². The lowest BCUT2D eigenvalue weighted by Gasteiger charge is -2.10. The topological polar surface area (TPSA) is 55.4 Å². The van der Waals surface area contributed by atoms with Crippen LogP contribution in [0.25, 0.3) is 0 Å². The minimum absolute atomic E-state index is 0.109. The fourth-order valence-electron chi connectivity index (χ4n) is 1.41. The van der Waals surface area contributed by atoms with Gasteiger partial charge in [0.1, 0.15) is 0 Å². The lowest BCUT2D eigenvalue weighted by Crippen LogP contribution is -2.28. The molecule has 1 rings (SSSR count). The van der Waals surface area contributed by atoms with Gasteiger partial charge in [0, 0.05) is 6.54 Å². The van der Waals surface area contributed by atoms with Crippen LogP contribution in [0.3, 0.4) is 0 Å². The number of sulfonamides is 1. The Labute approximate surface area is 103 Å². The van der Waals surface area contributed by atoms with Crippen LogP contribution in [0.2, 0.25) is 0 Å². The van der Waals surface area contributed by atoms with Crippen molar-refractivity contribution in [1.29, 1.82) is 0 Å². The summed E-state index contributed by atoms with van der Waals surface area (Å²) in [5.74, 6) is 0. The molecule has 0 aliphatic heterocycles. The second kappa shape index (κ2) is 6.14. The maximum Gasteiger partial charge on any atom is 0.240 e. The van der Waals surface area contributed by atoms with E-state index < -0.39 is 10.0 Å². The van der Waals surface area contributed by atoms with Gasteiger partial charge in [-0.15, -0.1) is 0 Å². The molecule has 0 aromatic heterocycles. The summed E-state index contributed by atoms with van der Waals surface area (Å²) < 4.78 is 31.7. The van der Waals surface area contributed by atoms with E-state index in [2.05, 4.69) is 4.72 Å². The molecule has 0 amide bonds. The summed E-state index contributed by atoms with van der Waals surface area (Å²) in [6.45, 7) is 6.27. The third kappa shape index (κ3) is 4.46. The summed E-state index contributed by atoms with van der Waals surface area (Å²) in [5, 5.41) is 0. The molecular weight excluding hydrogens is 238 g/mol. The van der Waals surface area contributed by atoms with Crippen LogP contribution in [0.1, 0.15) is 19.4 Å². The summed E-state index contributed by atoms with van der Waals surface area (Å²) in [6.07, 6.45) is 0.109. The first kappa shape index (κ1) is 14.2. The van der Waals surface area contributed by atoms with Crippen molar-refractivity contribution in [2.75, 3.05) is 13.2 Å². The first-order valence-corrected chi connectivity index (χ1v) is 7.08. The molecule has 0 aliphatic rings. The van der Waals surface area contributed by atoms with Crippen molar-refractivity contribution in [3.63, 3.8) is 0 Å². The van der Waals surface area contributed by atoms with Crippen molar-refractivity contribution < 1.29 is 13.2 Å². The predicted molar refractivity (Wildman–Crippen MR) is 67.5 cm³/mol. The van der Waals surface area contributed by atoms with E-state index in [-0.39, 0.29) is 12.6 Å². The molecule has 1 N–H and O–H groups in total. The highest BCUT2D eigenvalue weighted by molar-refractivity contribution is 7.89. The van der Waals surface area contributed by atoms with Gasteiger partial charge in [-0.25, -0.2) is 13.1 Å². The van der Waals surface area contributed by atoms with Crippen LogP contribution in [-0.2, 0) is 14.8 Å². The fraction of sp³-hybridized carbons (Fsp3) is 0.500. The van der Waals surface area contributed by atoms with E-state index in [1.807, 2.05) is 19.9 Å². The van der Waals surface area contributed by atoms with Gasteiger partial charge in [0.25, 0.3) is 0 Å². The molecule has 0 fully saturated rings. The molecule has 0 saturated carbocycles. The molecular formula is C12H19NO3S. The zero-order valence-corrected chi connectivity index (χ0v) is 11.3. The Morgan fingerprint density at radius 2 is 1.94 bits per heavy atom. The summed E-state index contributed by atoms with van der Waals surface area (Å²) in [7, 11) is -3.42. The van der Waals surface area contributed by atoms with Gasteiger partial charge in [-0.05, 0) is 32.4 Å². The molecule has 5 heteroatoms. The van der Waals surface area contributed by atoms with E-state index in [9.17, 15) is 8.42 Å². The second-order valence-corrected chi connectivity index (χ2v) is 5.82. The molecule has 0 spiro atoms. The number of rotatable bonds is 6. The lowest BCUT2D eigenvalue weighted by molar-refractivity contribution is 0.0834. The Morgan fingerprint density at radius 1 is 1.29 bits per heavy atom. The van der Waals surface area contributed by atoms with Crippen molar-refractivity contribution in [2.24, 2.45) is 0 Å². The molecule has 4 nitrogen and oxygen atoms in total. The molecule has 0 heterocycles. The minimum atomic E-state index is -3.42. The molecule has 1 aromatic rings. The molecule has 0 unspecified atom stereocenters. The van der Waals surface area contributed by atoms with Crippen LogP contribution in [0, 0.1) is 6.92 Å². The Kier molecular flexibility index (Phi) is 5.11. The number of aryl methyl sites for hydroxylation is 1. The van der Waals surface area contributed by atoms with E-state index in [0.29, 0.717) is 11.5 Å². The van der Waals surface area contributed by atoms with Gasteiger partial charge in [0.15, 0.2) is 0 Å². The zero-order chi connectivity index (χ0) is 12.9. The molecule has 1 aromatic carbocycles. The molecule has 0 bridgehead atoms. The SMILES string of the molecule is Cc1ccccc1S(=O)(=O)NCCOC(C)C. The van der Waals surface area contributed by atoms with Crippen LogP contribution in [0.15, 0.2) is 29.2 Å². The van der Waals surface area contributed by atoms with E-state index in [0.717, 1.165) is 5.56 Å². The minimum Gasteiger partial charge on any atom is -0.377 e. The van der Waals surface area contributed by atoms with Crippen LogP contribution >= 0.6 is 0 Å². The smallest absolute Gasteiger partial charge is 0.240 e. The Bertz CT molecular complexity index is 455. The number of ether oxygens (including phenoxy) is 1. The van der Waals surface area contributed by atoms with E-state index in [1.54, 1.807) is 25.1 Å². The average Bonchev–Trinajstić information content (AvgIpc) is 2.24. The normalized spacial score (nSPS) is 12.0. The van der Waals surface area contributed by atoms with E-state index in [4.69, 9.17) is 4.74 Å². The molecule has 0 saturated heterocycles. The van der Waals surface area contributed by atoms with Crippen molar-refractivity contribution in [2.45, 2.75) is 31.8 Å². The molecule has 0 atom stereocenters. The highest BCUT2D eigenvalue weighted by Crippen LogP contribution is 2.13. The second-order valence-electron chi connectivity index (χ2n) is 4.08. The van der Waals surface area contributed by atoms with Gasteiger partial charge < -0.3 is 4.74 Å². The van der Waals surface area contributed by atoms with Gasteiger partial charge in [-0.3, -0.25) is 0 Å². The maximum atomic E-state index is 11.9. The van der Waals surface area contributed by atoms with Gasteiger partial charge >= 0.3 is 0 Å². The molecule has 0 radical (unpaired) electrons. The van der Waals surface area contributed by atoms with Crippen molar-refractivity contribution in [1.82, 2.24) is 4.72 Å². The highest BCUT2D eigenvalue weighted by atomic mass is 32.2. The van der Waals surface area contributed by atoms with Gasteiger partial charge in [0.2, 0.25) is 10.0 Å². The van der Waals surface area contributed by atoms with E-state index >= 15 is 0 Å². The molecule has 0 aliphatic carbocycles. The maximum absolute atomic E-state index is 11.9. The summed E-state index contributed by atoms with van der Waals surface area (Å²) in [4.78, 5) is 0.324. The van der Waals surface area contributed by atoms with E-state index in [1.165, 1.54) is 0 Å². The third-order valence-corrected chi connectivity index (χ3v) is 3.85. The van der Waals surface area contributed by atoms with Gasteiger partial charge in [-0.1, -0.05) is 18.2 Å². The standard InChI is InChI=1S/C12H19NO3S/c1-10(2)16-9-8-13-17(14,15)12-7-5-4-6-11(12)3/h4-7,10,13H,8-9H2,1-3H3. The number of hydrogen-bond donors (Lipinski definition) is 1. The highest BCUT2D eigenvalue weighted by Gasteiger charge is 2.15. The first-order chi connectivity index (χ1) is 7.93. The summed E-state index contributed by atoms with van der Waals surface area (Å²) in [6, 6.07) is 6.91. The first-order valence-electron chi connectivity index (χ1n) is 5.60. The summed E-state index contributed by atoms with van der Waals surface area (Å²) in [5.41, 5.74) is 0.741. The van der Waals surface area contributed by atoms with Crippen LogP contribution in [0.5, 0.6) is 0 Å². The Hall–Kier alpha value is -0.910. The van der Waals surface area contributed by atoms with Crippen molar-refractivity contribution >= 4 is 10.0 Å². The zero-order valence-electron chi connectivity index (χ0n) is 10.4. The summed E-state index contributed by atoms with van der Waals surface area (Å²) >= 11 is 0. The Morgan fingerprint density at radius 3 is 2.53 bits per heavy atom. The van der Waals surface area contributed by atoms with Crippen LogP contribution in [-0.4, -0.2) is 27.7 Å². The fourth-order valence-corrected chi connectivity index (χ4v) is 2.66. The predicted octanol–water partition coefficient (Wildman–Crippen LogP) is 1.70. The molecule has 17 heavy (non-hydrogen) atoms. The third-order valence-electron chi connectivity index (χ3n) is 2.23. The number of nitrogens with one attached hydrogen (secondary N) is 1. The molecule has 96 valence electrons. The van der Waals surface area contributed by atoms with Crippen LogP contribution < -0.4 is 4.72 Å². The average molecular weight is 257 g/mol. The Balaban J connectivity index is 2.61.